The molecule has 0 saturated carbocycles. The second-order valence-electron chi connectivity index (χ2n) is 6.00. The van der Waals surface area contributed by atoms with E-state index in [1.807, 2.05) is 0 Å². The molecule has 1 rings (SSSR count). The number of nitrogens with zero attached hydrogens (tertiary/aromatic N) is 1. The van der Waals surface area contributed by atoms with Crippen molar-refractivity contribution in [2.45, 2.75) is 46.6 Å². The number of hydrogen-bond donors (Lipinski definition) is 1. The summed E-state index contributed by atoms with van der Waals surface area (Å²) in [5.74, 6) is 0. The highest BCUT2D eigenvalue weighted by Crippen LogP contribution is 2.25. The first-order chi connectivity index (χ1) is 6.37. The second kappa shape index (κ2) is 4.19. The maximum Gasteiger partial charge on any atom is 0.0277 e. The lowest BCUT2D eigenvalue weighted by Gasteiger charge is -2.39. The monoisotopic (exact) mass is 198 g/mol. The molecule has 0 aliphatic carbocycles. The molecule has 2 nitrogen and oxygen atoms in total. The Balaban J connectivity index is 2.72. The van der Waals surface area contributed by atoms with Gasteiger partial charge in [-0.3, -0.25) is 4.90 Å². The first kappa shape index (κ1) is 12.0. The normalized spacial score (nSPS) is 27.2. The fourth-order valence-electron chi connectivity index (χ4n) is 2.26. The maximum atomic E-state index is 3.57. The van der Waals surface area contributed by atoms with Gasteiger partial charge in [0.2, 0.25) is 0 Å². The fourth-order valence-corrected chi connectivity index (χ4v) is 2.26. The molecule has 1 saturated heterocycles. The Bertz CT molecular complexity index is 185. The molecule has 1 fully saturated rings. The number of rotatable bonds is 2. The topological polar surface area (TPSA) is 15.3 Å². The summed E-state index contributed by atoms with van der Waals surface area (Å²) in [6.45, 7) is 16.3. The average molecular weight is 198 g/mol. The summed E-state index contributed by atoms with van der Waals surface area (Å²) in [7, 11) is 0. The van der Waals surface area contributed by atoms with Crippen LogP contribution in [0.1, 0.15) is 41.0 Å². The zero-order valence-electron chi connectivity index (χ0n) is 10.5. The highest BCUT2D eigenvalue weighted by atomic mass is 15.2. The van der Waals surface area contributed by atoms with E-state index in [4.69, 9.17) is 0 Å². The third kappa shape index (κ3) is 2.96. The minimum absolute atomic E-state index is 0.309. The lowest BCUT2D eigenvalue weighted by atomic mass is 9.92. The van der Waals surface area contributed by atoms with Crippen LogP contribution >= 0.6 is 0 Å². The predicted octanol–water partition coefficient (Wildman–Crippen LogP) is 2.11. The Hall–Kier alpha value is -0.0800. The fraction of sp³-hybridized carbons (Fsp3) is 1.00. The molecule has 0 atom stereocenters. The molecule has 0 aromatic rings. The van der Waals surface area contributed by atoms with E-state index < -0.39 is 0 Å². The van der Waals surface area contributed by atoms with Crippen LogP contribution in [0.2, 0.25) is 0 Å². The summed E-state index contributed by atoms with van der Waals surface area (Å²) in [5, 5.41) is 3.57. The van der Waals surface area contributed by atoms with Gasteiger partial charge >= 0.3 is 0 Å². The zero-order chi connectivity index (χ0) is 10.8. The molecular weight excluding hydrogens is 172 g/mol. The van der Waals surface area contributed by atoms with Crippen LogP contribution in [0.25, 0.3) is 0 Å². The second-order valence-corrected chi connectivity index (χ2v) is 6.00. The molecular formula is C12H26N2. The minimum Gasteiger partial charge on any atom is -0.314 e. The van der Waals surface area contributed by atoms with Crippen molar-refractivity contribution in [3.05, 3.63) is 0 Å². The van der Waals surface area contributed by atoms with Crippen molar-refractivity contribution in [1.29, 1.82) is 0 Å². The molecule has 2 heteroatoms. The van der Waals surface area contributed by atoms with E-state index >= 15 is 0 Å². The van der Waals surface area contributed by atoms with Crippen LogP contribution in [0.4, 0.5) is 0 Å². The molecule has 1 aliphatic heterocycles. The van der Waals surface area contributed by atoms with Crippen LogP contribution in [0.15, 0.2) is 0 Å². The van der Waals surface area contributed by atoms with Gasteiger partial charge in [-0.25, -0.2) is 0 Å². The van der Waals surface area contributed by atoms with Gasteiger partial charge in [0.1, 0.15) is 0 Å². The lowest BCUT2D eigenvalue weighted by molar-refractivity contribution is 0.100. The predicted molar refractivity (Wildman–Crippen MR) is 62.6 cm³/mol. The largest absolute Gasteiger partial charge is 0.314 e. The van der Waals surface area contributed by atoms with Gasteiger partial charge in [-0.1, -0.05) is 20.8 Å². The smallest absolute Gasteiger partial charge is 0.0277 e. The average Bonchev–Trinajstić information content (AvgIpc) is 2.10. The third-order valence-electron chi connectivity index (χ3n) is 3.13. The third-order valence-corrected chi connectivity index (χ3v) is 3.13. The Labute approximate surface area is 89.1 Å². The van der Waals surface area contributed by atoms with Crippen molar-refractivity contribution in [3.8, 4) is 0 Å². The summed E-state index contributed by atoms with van der Waals surface area (Å²) in [6.07, 6.45) is 1.25. The summed E-state index contributed by atoms with van der Waals surface area (Å²) in [6, 6.07) is 0. The van der Waals surface area contributed by atoms with E-state index in [1.165, 1.54) is 19.5 Å². The Morgan fingerprint density at radius 3 is 2.36 bits per heavy atom. The van der Waals surface area contributed by atoms with Crippen LogP contribution in [0, 0.1) is 5.41 Å². The van der Waals surface area contributed by atoms with Gasteiger partial charge in [-0.2, -0.15) is 0 Å². The molecule has 0 spiro atoms. The summed E-state index contributed by atoms with van der Waals surface area (Å²) < 4.78 is 0. The maximum absolute atomic E-state index is 3.57. The zero-order valence-corrected chi connectivity index (χ0v) is 10.5. The van der Waals surface area contributed by atoms with Gasteiger partial charge in [0, 0.05) is 25.2 Å². The molecule has 1 aliphatic rings. The first-order valence-corrected chi connectivity index (χ1v) is 5.83. The molecule has 0 aromatic heterocycles. The molecule has 0 aromatic carbocycles. The Morgan fingerprint density at radius 1 is 1.14 bits per heavy atom. The summed E-state index contributed by atoms with van der Waals surface area (Å²) >= 11 is 0. The van der Waals surface area contributed by atoms with E-state index in [0.29, 0.717) is 11.0 Å². The van der Waals surface area contributed by atoms with Crippen molar-refractivity contribution in [2.75, 3.05) is 26.2 Å². The molecule has 0 amide bonds. The van der Waals surface area contributed by atoms with E-state index in [2.05, 4.69) is 44.8 Å². The van der Waals surface area contributed by atoms with Crippen LogP contribution < -0.4 is 5.32 Å². The number of nitrogens with one attached hydrogen (secondary N) is 1. The number of hydrogen-bond acceptors (Lipinski definition) is 2. The van der Waals surface area contributed by atoms with Crippen LogP contribution in [0.5, 0.6) is 0 Å². The lowest BCUT2D eigenvalue weighted by Crippen LogP contribution is -2.49. The van der Waals surface area contributed by atoms with Crippen LogP contribution in [-0.2, 0) is 0 Å². The molecule has 14 heavy (non-hydrogen) atoms. The van der Waals surface area contributed by atoms with Crippen molar-refractivity contribution in [1.82, 2.24) is 10.2 Å². The van der Waals surface area contributed by atoms with Crippen molar-refractivity contribution in [3.63, 3.8) is 0 Å². The van der Waals surface area contributed by atoms with Crippen LogP contribution in [-0.4, -0.2) is 36.6 Å². The molecule has 0 unspecified atom stereocenters. The standard InChI is InChI=1S/C12H26N2/c1-6-7-14-10-11(2,3)8-13-9-12(14,4)5/h13H,6-10H2,1-5H3. The molecule has 1 N–H and O–H groups in total. The SMILES string of the molecule is CCCN1CC(C)(C)CNCC1(C)C. The van der Waals surface area contributed by atoms with Gasteiger partial charge < -0.3 is 5.32 Å². The molecule has 0 bridgehead atoms. The Kier molecular flexibility index (Phi) is 3.59. The van der Waals surface area contributed by atoms with Gasteiger partial charge in [0.05, 0.1) is 0 Å². The van der Waals surface area contributed by atoms with E-state index in [0.717, 1.165) is 13.1 Å². The van der Waals surface area contributed by atoms with Gasteiger partial charge in [0.25, 0.3) is 0 Å². The van der Waals surface area contributed by atoms with Crippen molar-refractivity contribution < 1.29 is 0 Å². The summed E-state index contributed by atoms with van der Waals surface area (Å²) in [5.41, 5.74) is 0.715. The first-order valence-electron chi connectivity index (χ1n) is 5.83. The van der Waals surface area contributed by atoms with Crippen molar-refractivity contribution >= 4 is 0 Å². The summed E-state index contributed by atoms with van der Waals surface area (Å²) in [4.78, 5) is 2.63. The van der Waals surface area contributed by atoms with E-state index in [9.17, 15) is 0 Å². The quantitative estimate of drug-likeness (QED) is 0.731. The highest BCUT2D eigenvalue weighted by Gasteiger charge is 2.34. The van der Waals surface area contributed by atoms with Gasteiger partial charge in [0.15, 0.2) is 0 Å². The highest BCUT2D eigenvalue weighted by molar-refractivity contribution is 4.91. The van der Waals surface area contributed by atoms with Crippen molar-refractivity contribution in [2.24, 2.45) is 5.41 Å². The minimum atomic E-state index is 0.309. The van der Waals surface area contributed by atoms with Gasteiger partial charge in [-0.15, -0.1) is 0 Å². The molecule has 0 radical (unpaired) electrons. The Morgan fingerprint density at radius 2 is 1.79 bits per heavy atom. The van der Waals surface area contributed by atoms with Crippen LogP contribution in [0.3, 0.4) is 0 Å². The van der Waals surface area contributed by atoms with E-state index in [-0.39, 0.29) is 0 Å². The van der Waals surface area contributed by atoms with E-state index in [1.54, 1.807) is 0 Å². The van der Waals surface area contributed by atoms with Gasteiger partial charge in [-0.05, 0) is 32.2 Å². The molecule has 1 heterocycles. The molecule has 84 valence electrons.